The maximum atomic E-state index is 8.81. The second kappa shape index (κ2) is 12.0. The largest absolute Gasteiger partial charge is 0.361 e. The quantitative estimate of drug-likeness (QED) is 0.281. The Bertz CT molecular complexity index is 1160. The van der Waals surface area contributed by atoms with E-state index < -0.39 is 0 Å². The molecule has 0 aliphatic carbocycles. The highest BCUT2D eigenvalue weighted by Gasteiger charge is 2.02. The lowest BCUT2D eigenvalue weighted by Crippen LogP contribution is -1.87. The number of allylic oxidation sites excluding steroid dienone is 2. The van der Waals surface area contributed by atoms with Crippen LogP contribution in [0.4, 0.5) is 0 Å². The number of benzene rings is 3. The molecule has 31 heavy (non-hydrogen) atoms. The maximum absolute atomic E-state index is 8.81. The number of terminal acetylenes is 1. The number of aromatic nitrogens is 1. The third kappa shape index (κ3) is 6.32. The molecule has 0 aliphatic rings. The second-order valence-corrected chi connectivity index (χ2v) is 7.12. The van der Waals surface area contributed by atoms with Crippen molar-refractivity contribution in [2.75, 3.05) is 0 Å². The van der Waals surface area contributed by atoms with Crippen LogP contribution in [-0.4, -0.2) is 11.3 Å². The van der Waals surface area contributed by atoms with Gasteiger partial charge >= 0.3 is 0 Å². The number of hydrogen-bond donors (Lipinski definition) is 1. The molecule has 1 aromatic heterocycles. The van der Waals surface area contributed by atoms with Crippen LogP contribution in [0, 0.1) is 19.8 Å². The van der Waals surface area contributed by atoms with E-state index in [1.807, 2.05) is 6.20 Å². The molecule has 1 heterocycles. The van der Waals surface area contributed by atoms with E-state index in [4.69, 9.17) is 4.79 Å². The first kappa shape index (κ1) is 23.4. The molecule has 0 amide bonds. The topological polar surface area (TPSA) is 32.9 Å². The first-order valence-electron chi connectivity index (χ1n) is 10.2. The Morgan fingerprint density at radius 2 is 1.58 bits per heavy atom. The smallest absolute Gasteiger partial charge is 0.116 e. The van der Waals surface area contributed by atoms with Gasteiger partial charge in [-0.25, -0.2) is 0 Å². The van der Waals surface area contributed by atoms with E-state index in [-0.39, 0.29) is 0 Å². The van der Waals surface area contributed by atoms with Gasteiger partial charge in [0.05, 0.1) is 0 Å². The van der Waals surface area contributed by atoms with Gasteiger partial charge in [0.25, 0.3) is 0 Å². The van der Waals surface area contributed by atoms with E-state index in [1.54, 1.807) is 0 Å². The molecular formula is C29H29NO. The predicted octanol–water partition coefficient (Wildman–Crippen LogP) is 7.24. The van der Waals surface area contributed by atoms with Crippen LogP contribution in [0.15, 0.2) is 85.1 Å². The molecule has 0 spiro atoms. The number of carbonyl (C=O) groups is 1. The van der Waals surface area contributed by atoms with Crippen molar-refractivity contribution in [3.8, 4) is 24.0 Å². The highest BCUT2D eigenvalue weighted by molar-refractivity contribution is 5.84. The number of rotatable bonds is 4. The zero-order valence-electron chi connectivity index (χ0n) is 18.4. The zero-order chi connectivity index (χ0) is 22.6. The van der Waals surface area contributed by atoms with Crippen molar-refractivity contribution < 1.29 is 4.79 Å². The monoisotopic (exact) mass is 407 g/mol. The fraction of sp³-hybridized carbons (Fsp3) is 0.138. The van der Waals surface area contributed by atoms with Gasteiger partial charge in [0, 0.05) is 11.7 Å². The van der Waals surface area contributed by atoms with Gasteiger partial charge in [-0.1, -0.05) is 66.7 Å². The van der Waals surface area contributed by atoms with Crippen LogP contribution in [0.5, 0.6) is 0 Å². The van der Waals surface area contributed by atoms with E-state index in [1.165, 1.54) is 51.2 Å². The highest BCUT2D eigenvalue weighted by atomic mass is 16.1. The molecule has 0 unspecified atom stereocenters. The molecule has 0 bridgehead atoms. The lowest BCUT2D eigenvalue weighted by atomic mass is 9.98. The first-order valence-corrected chi connectivity index (χ1v) is 10.2. The van der Waals surface area contributed by atoms with Gasteiger partial charge in [-0.15, -0.1) is 12.8 Å². The summed E-state index contributed by atoms with van der Waals surface area (Å²) >= 11 is 0. The van der Waals surface area contributed by atoms with Crippen molar-refractivity contribution in [2.45, 2.75) is 27.2 Å². The summed E-state index contributed by atoms with van der Waals surface area (Å²) in [5, 5.41) is 1.25. The standard InChI is InChI=1S/C25H23N.C2H4O.C2H2/c1-18-5-3-4-6-24(18)19(2)7-8-20-9-11-21(12-10-20)23-14-13-22-15-16-26-25(22)17-23;1-2-3;1-2/h3-7,9-17,26H,8H2,1-2H3;2H,1H3;1-2H/b19-7-;;. The van der Waals surface area contributed by atoms with Gasteiger partial charge < -0.3 is 9.78 Å². The SMILES string of the molecule is C#C.C/C(=C/Cc1ccc(-c2ccc3cc[nH]c3c2)cc1)c1ccccc1C.CC=O. The minimum Gasteiger partial charge on any atom is -0.361 e. The van der Waals surface area contributed by atoms with Gasteiger partial charge in [0.1, 0.15) is 6.29 Å². The summed E-state index contributed by atoms with van der Waals surface area (Å²) in [5.74, 6) is 0. The fourth-order valence-electron chi connectivity index (χ4n) is 3.46. The molecule has 2 nitrogen and oxygen atoms in total. The van der Waals surface area contributed by atoms with Crippen molar-refractivity contribution in [2.24, 2.45) is 0 Å². The normalized spacial score (nSPS) is 10.4. The number of aryl methyl sites for hydroxylation is 1. The summed E-state index contributed by atoms with van der Waals surface area (Å²) < 4.78 is 0. The number of carbonyl (C=O) groups excluding carboxylic acids is 1. The number of aldehydes is 1. The maximum Gasteiger partial charge on any atom is 0.116 e. The highest BCUT2D eigenvalue weighted by Crippen LogP contribution is 2.25. The molecule has 0 atom stereocenters. The summed E-state index contributed by atoms with van der Waals surface area (Å²) in [6.45, 7) is 5.81. The summed E-state index contributed by atoms with van der Waals surface area (Å²) in [6.07, 6.45) is 14.0. The average molecular weight is 408 g/mol. The van der Waals surface area contributed by atoms with E-state index in [0.29, 0.717) is 0 Å². The average Bonchev–Trinajstić information content (AvgIpc) is 3.28. The van der Waals surface area contributed by atoms with Crippen molar-refractivity contribution in [1.82, 2.24) is 4.98 Å². The Kier molecular flexibility index (Phi) is 9.08. The lowest BCUT2D eigenvalue weighted by molar-refractivity contribution is -0.106. The Balaban J connectivity index is 0.000000630. The Hall–Kier alpha value is -3.83. The number of aromatic amines is 1. The molecule has 0 saturated heterocycles. The molecule has 156 valence electrons. The van der Waals surface area contributed by atoms with E-state index >= 15 is 0 Å². The van der Waals surface area contributed by atoms with Crippen LogP contribution in [0.1, 0.15) is 30.5 Å². The Labute approximate surface area is 185 Å². The number of nitrogens with one attached hydrogen (secondary N) is 1. The minimum atomic E-state index is 0.750. The van der Waals surface area contributed by atoms with Crippen LogP contribution in [0.2, 0.25) is 0 Å². The van der Waals surface area contributed by atoms with E-state index in [0.717, 1.165) is 12.7 Å². The van der Waals surface area contributed by atoms with Crippen molar-refractivity contribution in [1.29, 1.82) is 0 Å². The van der Waals surface area contributed by atoms with Gasteiger partial charge in [-0.05, 0) is 78.1 Å². The third-order valence-corrected chi connectivity index (χ3v) is 5.06. The molecule has 3 aromatic carbocycles. The van der Waals surface area contributed by atoms with Crippen LogP contribution in [-0.2, 0) is 11.2 Å². The van der Waals surface area contributed by atoms with Crippen molar-refractivity contribution in [3.05, 3.63) is 102 Å². The fourth-order valence-corrected chi connectivity index (χ4v) is 3.46. The van der Waals surface area contributed by atoms with Crippen LogP contribution >= 0.6 is 0 Å². The molecule has 4 aromatic rings. The molecule has 0 radical (unpaired) electrons. The number of hydrogen-bond acceptors (Lipinski definition) is 1. The van der Waals surface area contributed by atoms with Gasteiger partial charge in [0.2, 0.25) is 0 Å². The van der Waals surface area contributed by atoms with Crippen LogP contribution in [0.3, 0.4) is 0 Å². The number of H-pyrrole nitrogens is 1. The molecule has 2 heteroatoms. The van der Waals surface area contributed by atoms with Gasteiger partial charge in [-0.3, -0.25) is 0 Å². The Morgan fingerprint density at radius 3 is 2.26 bits per heavy atom. The second-order valence-electron chi connectivity index (χ2n) is 7.12. The van der Waals surface area contributed by atoms with Gasteiger partial charge in [-0.2, -0.15) is 0 Å². The van der Waals surface area contributed by atoms with Gasteiger partial charge in [0.15, 0.2) is 0 Å². The van der Waals surface area contributed by atoms with Crippen LogP contribution < -0.4 is 0 Å². The Morgan fingerprint density at radius 1 is 0.935 bits per heavy atom. The molecule has 0 fully saturated rings. The zero-order valence-corrected chi connectivity index (χ0v) is 18.4. The molecule has 0 aliphatic heterocycles. The predicted molar refractivity (Wildman–Crippen MR) is 134 cm³/mol. The van der Waals surface area contributed by atoms with Crippen LogP contribution in [0.25, 0.3) is 27.6 Å². The van der Waals surface area contributed by atoms with E-state index in [9.17, 15) is 0 Å². The summed E-state index contributed by atoms with van der Waals surface area (Å²) in [7, 11) is 0. The number of fused-ring (bicyclic) bond motifs is 1. The third-order valence-electron chi connectivity index (χ3n) is 5.06. The summed E-state index contributed by atoms with van der Waals surface area (Å²) in [6, 6.07) is 26.1. The minimum absolute atomic E-state index is 0.750. The lowest BCUT2D eigenvalue weighted by Gasteiger charge is -2.07. The van der Waals surface area contributed by atoms with E-state index in [2.05, 4.69) is 111 Å². The molecule has 1 N–H and O–H groups in total. The molecule has 4 rings (SSSR count). The van der Waals surface area contributed by atoms with Crippen molar-refractivity contribution in [3.63, 3.8) is 0 Å². The molecular weight excluding hydrogens is 378 g/mol. The van der Waals surface area contributed by atoms with Crippen molar-refractivity contribution >= 4 is 22.8 Å². The summed E-state index contributed by atoms with van der Waals surface area (Å²) in [4.78, 5) is 12.1. The first-order chi connectivity index (χ1) is 15.1. The summed E-state index contributed by atoms with van der Waals surface area (Å²) in [5.41, 5.74) is 9.03. The molecule has 0 saturated carbocycles.